The van der Waals surface area contributed by atoms with Crippen LogP contribution in [0.5, 0.6) is 0 Å². The first-order valence-corrected chi connectivity index (χ1v) is 12.7. The van der Waals surface area contributed by atoms with Crippen LogP contribution in [0.1, 0.15) is 69.0 Å². The molecule has 2 aromatic rings. The van der Waals surface area contributed by atoms with E-state index in [0.717, 1.165) is 51.0 Å². The van der Waals surface area contributed by atoms with Crippen LogP contribution < -0.4 is 5.32 Å². The average molecular weight is 502 g/mol. The number of hydrogen-bond acceptors (Lipinski definition) is 3. The van der Waals surface area contributed by atoms with Crippen LogP contribution in [0.2, 0.25) is 0 Å². The summed E-state index contributed by atoms with van der Waals surface area (Å²) < 4.78 is 40.6. The van der Waals surface area contributed by atoms with Gasteiger partial charge in [-0.05, 0) is 92.0 Å². The summed E-state index contributed by atoms with van der Waals surface area (Å²) in [6, 6.07) is 9.14. The Morgan fingerprint density at radius 1 is 1.00 bits per heavy atom. The van der Waals surface area contributed by atoms with Crippen LogP contribution in [0.3, 0.4) is 0 Å². The Bertz CT molecular complexity index is 1080. The topological polar surface area (TPSA) is 52.7 Å². The highest BCUT2D eigenvalue weighted by atomic mass is 19.2. The van der Waals surface area contributed by atoms with Gasteiger partial charge in [-0.15, -0.1) is 0 Å². The molecule has 2 aromatic carbocycles. The highest BCUT2D eigenvalue weighted by Gasteiger charge is 2.42. The van der Waals surface area contributed by atoms with Crippen molar-refractivity contribution in [1.82, 2.24) is 15.1 Å². The van der Waals surface area contributed by atoms with Gasteiger partial charge in [-0.1, -0.05) is 32.0 Å². The van der Waals surface area contributed by atoms with E-state index in [0.29, 0.717) is 24.4 Å². The number of amides is 3. The van der Waals surface area contributed by atoms with E-state index >= 15 is 0 Å². The van der Waals surface area contributed by atoms with Crippen molar-refractivity contribution in [2.75, 3.05) is 26.2 Å². The number of urea groups is 1. The summed E-state index contributed by atoms with van der Waals surface area (Å²) in [5.41, 5.74) is 1.23. The molecule has 3 amide bonds. The van der Waals surface area contributed by atoms with Gasteiger partial charge in [0, 0.05) is 13.0 Å². The van der Waals surface area contributed by atoms with Gasteiger partial charge in [0.05, 0.1) is 6.04 Å². The fraction of sp³-hybridized carbons (Fsp3) is 0.500. The number of piperidine rings is 2. The quantitative estimate of drug-likeness (QED) is 0.511. The smallest absolute Gasteiger partial charge is 0.324 e. The fourth-order valence-corrected chi connectivity index (χ4v) is 5.40. The molecule has 2 heterocycles. The second-order valence-corrected chi connectivity index (χ2v) is 10.8. The molecule has 0 aliphatic carbocycles. The summed E-state index contributed by atoms with van der Waals surface area (Å²) in [5.74, 6) is -2.06. The monoisotopic (exact) mass is 501 g/mol. The lowest BCUT2D eigenvalue weighted by Crippen LogP contribution is -2.51. The van der Waals surface area contributed by atoms with Crippen molar-refractivity contribution in [2.24, 2.45) is 5.41 Å². The van der Waals surface area contributed by atoms with Crippen LogP contribution >= 0.6 is 0 Å². The van der Waals surface area contributed by atoms with Gasteiger partial charge < -0.3 is 10.2 Å². The molecule has 2 fully saturated rings. The van der Waals surface area contributed by atoms with Gasteiger partial charge in [0.1, 0.15) is 5.82 Å². The molecule has 0 radical (unpaired) electrons. The first-order valence-electron chi connectivity index (χ1n) is 12.7. The second-order valence-electron chi connectivity index (χ2n) is 10.8. The Morgan fingerprint density at radius 3 is 2.33 bits per heavy atom. The predicted octanol–water partition coefficient (Wildman–Crippen LogP) is 5.77. The summed E-state index contributed by atoms with van der Waals surface area (Å²) in [6.45, 7) is 6.98. The van der Waals surface area contributed by atoms with Crippen molar-refractivity contribution >= 4 is 11.9 Å². The highest BCUT2D eigenvalue weighted by Crippen LogP contribution is 2.42. The van der Waals surface area contributed by atoms with Crippen molar-refractivity contribution < 1.29 is 22.8 Å². The Labute approximate surface area is 210 Å². The van der Waals surface area contributed by atoms with Crippen molar-refractivity contribution in [3.63, 3.8) is 0 Å². The molecule has 1 N–H and O–H groups in total. The van der Waals surface area contributed by atoms with Gasteiger partial charge in [0.15, 0.2) is 11.6 Å². The minimum atomic E-state index is -0.994. The van der Waals surface area contributed by atoms with Crippen molar-refractivity contribution in [3.8, 4) is 0 Å². The lowest BCUT2D eigenvalue weighted by molar-refractivity contribution is -0.137. The van der Waals surface area contributed by atoms with Gasteiger partial charge in [0.2, 0.25) is 5.91 Å². The standard InChI is InChI=1S/C28H34F3N3O2/c1-28(2)17-25(21-6-9-23(30)24(31)16-21)34(26(35)18-28)27(36)32-12-3-13-33-14-10-20(11-15-33)19-4-7-22(29)8-5-19/h4-9,16,20,25H,3,10-15,17-18H2,1-2H3,(H,32,36)/t25-/m0/s1. The summed E-state index contributed by atoms with van der Waals surface area (Å²) in [7, 11) is 0. The normalized spacial score (nSPS) is 21.0. The van der Waals surface area contributed by atoms with E-state index in [4.69, 9.17) is 0 Å². The summed E-state index contributed by atoms with van der Waals surface area (Å²) in [6.07, 6.45) is 3.43. The lowest BCUT2D eigenvalue weighted by Gasteiger charge is -2.42. The molecular formula is C28H34F3N3O2. The number of nitrogens with one attached hydrogen (secondary N) is 1. The summed E-state index contributed by atoms with van der Waals surface area (Å²) >= 11 is 0. The van der Waals surface area contributed by atoms with Crippen LogP contribution in [-0.2, 0) is 4.79 Å². The molecule has 2 aliphatic rings. The molecule has 0 bridgehead atoms. The van der Waals surface area contributed by atoms with Crippen LogP contribution in [0.4, 0.5) is 18.0 Å². The second kappa shape index (κ2) is 11.0. The maximum absolute atomic E-state index is 13.9. The average Bonchev–Trinajstić information content (AvgIpc) is 2.83. The van der Waals surface area contributed by atoms with Crippen LogP contribution in [-0.4, -0.2) is 47.9 Å². The van der Waals surface area contributed by atoms with Crippen molar-refractivity contribution in [1.29, 1.82) is 0 Å². The van der Waals surface area contributed by atoms with Gasteiger partial charge in [0.25, 0.3) is 0 Å². The first-order chi connectivity index (χ1) is 17.1. The third kappa shape index (κ3) is 6.27. The molecule has 2 aliphatic heterocycles. The van der Waals surface area contributed by atoms with Gasteiger partial charge >= 0.3 is 6.03 Å². The molecule has 0 saturated carbocycles. The number of likely N-dealkylation sites (tertiary alicyclic amines) is 2. The van der Waals surface area contributed by atoms with E-state index < -0.39 is 23.7 Å². The Kier molecular flexibility index (Phi) is 8.03. The third-order valence-electron chi connectivity index (χ3n) is 7.36. The first kappa shape index (κ1) is 26.2. The van der Waals surface area contributed by atoms with E-state index in [1.807, 2.05) is 26.0 Å². The molecule has 2 saturated heterocycles. The zero-order valence-corrected chi connectivity index (χ0v) is 20.9. The van der Waals surface area contributed by atoms with Gasteiger partial charge in [-0.25, -0.2) is 18.0 Å². The molecule has 5 nitrogen and oxygen atoms in total. The molecule has 0 spiro atoms. The third-order valence-corrected chi connectivity index (χ3v) is 7.36. The van der Waals surface area contributed by atoms with E-state index in [9.17, 15) is 22.8 Å². The van der Waals surface area contributed by atoms with Gasteiger partial charge in [-0.2, -0.15) is 0 Å². The largest absolute Gasteiger partial charge is 0.338 e. The molecule has 36 heavy (non-hydrogen) atoms. The van der Waals surface area contributed by atoms with Crippen molar-refractivity contribution in [2.45, 2.75) is 57.9 Å². The van der Waals surface area contributed by atoms with E-state index in [1.165, 1.54) is 28.7 Å². The van der Waals surface area contributed by atoms with E-state index in [2.05, 4.69) is 10.2 Å². The maximum Gasteiger partial charge on any atom is 0.324 e. The fourth-order valence-electron chi connectivity index (χ4n) is 5.40. The minimum absolute atomic E-state index is 0.212. The Hall–Kier alpha value is -2.87. The van der Waals surface area contributed by atoms with Crippen LogP contribution in [0, 0.1) is 22.9 Å². The van der Waals surface area contributed by atoms with E-state index in [-0.39, 0.29) is 23.6 Å². The maximum atomic E-state index is 13.9. The van der Waals surface area contributed by atoms with Crippen LogP contribution in [0.15, 0.2) is 42.5 Å². The summed E-state index contributed by atoms with van der Waals surface area (Å²) in [4.78, 5) is 29.4. The summed E-state index contributed by atoms with van der Waals surface area (Å²) in [5, 5.41) is 2.85. The molecule has 4 rings (SSSR count). The zero-order valence-electron chi connectivity index (χ0n) is 20.9. The van der Waals surface area contributed by atoms with Crippen molar-refractivity contribution in [3.05, 3.63) is 71.0 Å². The van der Waals surface area contributed by atoms with Crippen LogP contribution in [0.25, 0.3) is 0 Å². The number of imide groups is 1. The number of benzene rings is 2. The minimum Gasteiger partial charge on any atom is -0.338 e. The Morgan fingerprint density at radius 2 is 1.67 bits per heavy atom. The SMILES string of the molecule is CC1(C)CC(=O)N(C(=O)NCCCN2CCC(c3ccc(F)cc3)CC2)[C@H](c2ccc(F)c(F)c2)C1. The molecule has 8 heteroatoms. The molecule has 0 aromatic heterocycles. The number of halogens is 3. The Balaban J connectivity index is 1.28. The lowest BCUT2D eigenvalue weighted by atomic mass is 9.76. The number of rotatable bonds is 6. The zero-order chi connectivity index (χ0) is 25.9. The molecule has 1 atom stereocenters. The number of carbonyl (C=O) groups is 2. The number of nitrogens with zero attached hydrogens (tertiary/aromatic N) is 2. The predicted molar refractivity (Wildman–Crippen MR) is 132 cm³/mol. The van der Waals surface area contributed by atoms with E-state index in [1.54, 1.807) is 0 Å². The molecular weight excluding hydrogens is 467 g/mol. The molecule has 194 valence electrons. The molecule has 0 unspecified atom stereocenters. The van der Waals surface area contributed by atoms with Gasteiger partial charge in [-0.3, -0.25) is 9.69 Å². The highest BCUT2D eigenvalue weighted by molar-refractivity contribution is 5.95. The number of hydrogen-bond donors (Lipinski definition) is 1. The number of carbonyl (C=O) groups excluding carboxylic acids is 2.